The number of aromatic nitrogens is 2. The van der Waals surface area contributed by atoms with Crippen LogP contribution in [0.2, 0.25) is 10.0 Å². The van der Waals surface area contributed by atoms with E-state index in [0.29, 0.717) is 21.7 Å². The second kappa shape index (κ2) is 7.47. The molecule has 3 rings (SSSR count). The zero-order valence-corrected chi connectivity index (χ0v) is 16.4. The number of carbonyl (C=O) groups excluding carboxylic acids is 1. The molecule has 0 atom stereocenters. The Morgan fingerprint density at radius 1 is 1.26 bits per heavy atom. The first kappa shape index (κ1) is 19.6. The van der Waals surface area contributed by atoms with Crippen LogP contribution in [-0.2, 0) is 9.84 Å². The Hall–Kier alpha value is -2.13. The molecule has 142 valence electrons. The van der Waals surface area contributed by atoms with Crippen molar-refractivity contribution in [3.8, 4) is 5.69 Å². The topological polar surface area (TPSA) is 101 Å². The van der Waals surface area contributed by atoms with Crippen molar-refractivity contribution < 1.29 is 18.3 Å². The van der Waals surface area contributed by atoms with E-state index in [1.165, 1.54) is 16.7 Å². The number of fused-ring (bicyclic) bond motifs is 1. The molecule has 3 aromatic rings. The first-order chi connectivity index (χ1) is 12.7. The lowest BCUT2D eigenvalue weighted by atomic mass is 10.2. The molecule has 27 heavy (non-hydrogen) atoms. The molecule has 2 aromatic carbocycles. The van der Waals surface area contributed by atoms with Crippen LogP contribution in [0.4, 0.5) is 0 Å². The maximum Gasteiger partial charge on any atom is 0.287 e. The summed E-state index contributed by atoms with van der Waals surface area (Å²) in [6, 6.07) is 9.34. The molecule has 0 aliphatic heterocycles. The van der Waals surface area contributed by atoms with E-state index >= 15 is 0 Å². The molecule has 0 radical (unpaired) electrons. The van der Waals surface area contributed by atoms with Gasteiger partial charge in [0.15, 0.2) is 9.84 Å². The summed E-state index contributed by atoms with van der Waals surface area (Å²) in [6.45, 7) is -0.192. The van der Waals surface area contributed by atoms with Crippen molar-refractivity contribution in [1.82, 2.24) is 14.9 Å². The highest BCUT2D eigenvalue weighted by Crippen LogP contribution is 2.32. The highest BCUT2D eigenvalue weighted by molar-refractivity contribution is 7.90. The summed E-state index contributed by atoms with van der Waals surface area (Å²) < 4.78 is 25.2. The van der Waals surface area contributed by atoms with Gasteiger partial charge in [-0.05, 0) is 30.3 Å². The number of imidazole rings is 1. The SMILES string of the molecule is CS(=O)(=O)c1ccc2c(c1)nc(C(=O)NCCO)n2-c1cccc(Cl)c1Cl. The summed E-state index contributed by atoms with van der Waals surface area (Å²) in [6.07, 6.45) is 1.09. The largest absolute Gasteiger partial charge is 0.395 e. The first-order valence-corrected chi connectivity index (χ1v) is 10.4. The number of nitrogens with zero attached hydrogens (tertiary/aromatic N) is 2. The molecule has 7 nitrogen and oxygen atoms in total. The Morgan fingerprint density at radius 3 is 2.67 bits per heavy atom. The molecule has 0 bridgehead atoms. The molecule has 0 fully saturated rings. The van der Waals surface area contributed by atoms with Crippen molar-refractivity contribution in [3.05, 3.63) is 52.3 Å². The maximum atomic E-state index is 12.5. The maximum absolute atomic E-state index is 12.5. The first-order valence-electron chi connectivity index (χ1n) is 7.80. The van der Waals surface area contributed by atoms with Crippen LogP contribution < -0.4 is 5.32 Å². The standard InChI is InChI=1S/C17H15Cl2N3O4S/c1-27(25,26)10-5-6-13-12(9-10)21-16(17(24)20-7-8-23)22(13)14-4-2-3-11(18)15(14)19/h2-6,9,23H,7-8H2,1H3,(H,20,24). The van der Waals surface area contributed by atoms with E-state index in [-0.39, 0.29) is 28.9 Å². The zero-order chi connectivity index (χ0) is 19.8. The van der Waals surface area contributed by atoms with E-state index in [4.69, 9.17) is 28.3 Å². The van der Waals surface area contributed by atoms with Gasteiger partial charge in [0.2, 0.25) is 5.82 Å². The number of aliphatic hydroxyl groups is 1. The fourth-order valence-corrected chi connectivity index (χ4v) is 3.62. The Kier molecular flexibility index (Phi) is 5.43. The Balaban J connectivity index is 2.31. The fraction of sp³-hybridized carbons (Fsp3) is 0.176. The van der Waals surface area contributed by atoms with Gasteiger partial charge in [-0.15, -0.1) is 0 Å². The minimum atomic E-state index is -3.44. The number of benzene rings is 2. The highest BCUT2D eigenvalue weighted by Gasteiger charge is 2.22. The second-order valence-electron chi connectivity index (χ2n) is 5.75. The number of aliphatic hydroxyl groups excluding tert-OH is 1. The molecule has 0 aliphatic carbocycles. The van der Waals surface area contributed by atoms with E-state index in [0.717, 1.165) is 6.26 Å². The normalized spacial score (nSPS) is 11.7. The van der Waals surface area contributed by atoms with Crippen LogP contribution in [0.25, 0.3) is 16.7 Å². The van der Waals surface area contributed by atoms with Gasteiger partial charge in [-0.2, -0.15) is 0 Å². The number of rotatable bonds is 5. The number of amides is 1. The number of hydrogen-bond donors (Lipinski definition) is 2. The molecule has 1 heterocycles. The van der Waals surface area contributed by atoms with Crippen LogP contribution in [0.15, 0.2) is 41.3 Å². The number of nitrogens with one attached hydrogen (secondary N) is 1. The molecular formula is C17H15Cl2N3O4S. The van der Waals surface area contributed by atoms with Crippen molar-refractivity contribution >= 4 is 50.0 Å². The van der Waals surface area contributed by atoms with E-state index in [9.17, 15) is 13.2 Å². The Bertz CT molecular complexity index is 1140. The van der Waals surface area contributed by atoms with Gasteiger partial charge < -0.3 is 10.4 Å². The number of hydrogen-bond acceptors (Lipinski definition) is 5. The molecule has 0 spiro atoms. The molecule has 0 saturated heterocycles. The summed E-state index contributed by atoms with van der Waals surface area (Å²) in [5, 5.41) is 12.0. The summed E-state index contributed by atoms with van der Waals surface area (Å²) in [5.74, 6) is -0.550. The van der Waals surface area contributed by atoms with E-state index in [2.05, 4.69) is 10.3 Å². The third-order valence-electron chi connectivity index (χ3n) is 3.83. The summed E-state index contributed by atoms with van der Waals surface area (Å²) in [7, 11) is -3.44. The van der Waals surface area contributed by atoms with Gasteiger partial charge in [-0.25, -0.2) is 13.4 Å². The van der Waals surface area contributed by atoms with Gasteiger partial charge in [-0.3, -0.25) is 9.36 Å². The van der Waals surface area contributed by atoms with Crippen LogP contribution in [0.1, 0.15) is 10.6 Å². The van der Waals surface area contributed by atoms with Crippen LogP contribution in [-0.4, -0.2) is 48.4 Å². The molecule has 0 unspecified atom stereocenters. The van der Waals surface area contributed by atoms with Crippen LogP contribution in [0, 0.1) is 0 Å². The lowest BCUT2D eigenvalue weighted by molar-refractivity contribution is 0.0933. The van der Waals surface area contributed by atoms with Crippen molar-refractivity contribution in [1.29, 1.82) is 0 Å². The average Bonchev–Trinajstić information content (AvgIpc) is 3.00. The Labute approximate surface area is 165 Å². The lowest BCUT2D eigenvalue weighted by Crippen LogP contribution is -2.29. The smallest absolute Gasteiger partial charge is 0.287 e. The van der Waals surface area contributed by atoms with Crippen LogP contribution in [0.5, 0.6) is 0 Å². The molecule has 0 saturated carbocycles. The summed E-state index contributed by atoms with van der Waals surface area (Å²) in [4.78, 5) is 16.9. The summed E-state index contributed by atoms with van der Waals surface area (Å²) >= 11 is 12.4. The third-order valence-corrected chi connectivity index (χ3v) is 5.75. The van der Waals surface area contributed by atoms with Gasteiger partial charge >= 0.3 is 0 Å². The van der Waals surface area contributed by atoms with E-state index < -0.39 is 15.7 Å². The van der Waals surface area contributed by atoms with Crippen molar-refractivity contribution in [2.45, 2.75) is 4.90 Å². The Morgan fingerprint density at radius 2 is 2.00 bits per heavy atom. The van der Waals surface area contributed by atoms with Gasteiger partial charge in [0.1, 0.15) is 0 Å². The molecule has 1 aromatic heterocycles. The highest BCUT2D eigenvalue weighted by atomic mass is 35.5. The number of halogens is 2. The zero-order valence-electron chi connectivity index (χ0n) is 14.1. The number of sulfone groups is 1. The van der Waals surface area contributed by atoms with E-state index in [1.807, 2.05) is 0 Å². The minimum absolute atomic E-state index is 0.00623. The lowest BCUT2D eigenvalue weighted by Gasteiger charge is -2.12. The quantitative estimate of drug-likeness (QED) is 0.650. The second-order valence-corrected chi connectivity index (χ2v) is 8.55. The predicted molar refractivity (Wildman–Crippen MR) is 104 cm³/mol. The van der Waals surface area contributed by atoms with Crippen LogP contribution >= 0.6 is 23.2 Å². The fourth-order valence-electron chi connectivity index (χ4n) is 2.60. The van der Waals surface area contributed by atoms with Gasteiger partial charge in [0.05, 0.1) is 38.3 Å². The van der Waals surface area contributed by atoms with Crippen molar-refractivity contribution in [2.75, 3.05) is 19.4 Å². The van der Waals surface area contributed by atoms with Crippen LogP contribution in [0.3, 0.4) is 0 Å². The summed E-state index contributed by atoms with van der Waals surface area (Å²) in [5.41, 5.74) is 1.22. The molecule has 0 aliphatic rings. The average molecular weight is 428 g/mol. The monoisotopic (exact) mass is 427 g/mol. The molecule has 2 N–H and O–H groups in total. The molecule has 1 amide bonds. The van der Waals surface area contributed by atoms with E-state index in [1.54, 1.807) is 24.3 Å². The van der Waals surface area contributed by atoms with Crippen molar-refractivity contribution in [2.24, 2.45) is 0 Å². The van der Waals surface area contributed by atoms with Gasteiger partial charge in [0.25, 0.3) is 5.91 Å². The third kappa shape index (κ3) is 3.79. The minimum Gasteiger partial charge on any atom is -0.395 e. The van der Waals surface area contributed by atoms with Gasteiger partial charge in [0, 0.05) is 12.8 Å². The predicted octanol–water partition coefficient (Wildman–Crippen LogP) is 2.46. The number of carbonyl (C=O) groups is 1. The van der Waals surface area contributed by atoms with Crippen molar-refractivity contribution in [3.63, 3.8) is 0 Å². The molecular weight excluding hydrogens is 413 g/mol. The molecule has 10 heteroatoms. The van der Waals surface area contributed by atoms with Gasteiger partial charge in [-0.1, -0.05) is 29.3 Å².